The minimum atomic E-state index is -0.509. The van der Waals surface area contributed by atoms with E-state index in [1.165, 1.54) is 13.3 Å². The number of carbonyl (C=O) groups excluding carboxylic acids is 2. The molecular weight excluding hydrogens is 420 g/mol. The highest BCUT2D eigenvalue weighted by molar-refractivity contribution is 5.92. The van der Waals surface area contributed by atoms with Gasteiger partial charge in [0.05, 0.1) is 31.9 Å². The Bertz CT molecular complexity index is 1100. The van der Waals surface area contributed by atoms with Crippen molar-refractivity contribution in [3.63, 3.8) is 0 Å². The summed E-state index contributed by atoms with van der Waals surface area (Å²) in [6, 6.07) is 21.2. The summed E-state index contributed by atoms with van der Waals surface area (Å²) in [5.74, 6) is 0.612. The maximum atomic E-state index is 12.5. The van der Waals surface area contributed by atoms with E-state index in [1.807, 2.05) is 37.3 Å². The number of hydrazone groups is 1. The first-order chi connectivity index (χ1) is 16.1. The van der Waals surface area contributed by atoms with Crippen LogP contribution in [0.25, 0.3) is 0 Å². The predicted octanol–water partition coefficient (Wildman–Crippen LogP) is 4.40. The highest BCUT2D eigenvalue weighted by Gasteiger charge is 2.13. The van der Waals surface area contributed by atoms with Gasteiger partial charge in [0.25, 0.3) is 0 Å². The predicted molar refractivity (Wildman–Crippen MR) is 126 cm³/mol. The maximum Gasteiger partial charge on any atom is 0.343 e. The molecule has 0 bridgehead atoms. The number of nitrogens with zero attached hydrogens (tertiary/aromatic N) is 1. The molecule has 7 nitrogen and oxygen atoms in total. The van der Waals surface area contributed by atoms with Gasteiger partial charge >= 0.3 is 5.97 Å². The number of rotatable bonds is 10. The second-order valence-corrected chi connectivity index (χ2v) is 7.13. The quantitative estimate of drug-likeness (QED) is 0.216. The molecule has 170 valence electrons. The molecule has 0 aromatic heterocycles. The van der Waals surface area contributed by atoms with Crippen LogP contribution in [-0.2, 0) is 11.2 Å². The monoisotopic (exact) mass is 446 g/mol. The van der Waals surface area contributed by atoms with Crippen molar-refractivity contribution in [1.82, 2.24) is 5.43 Å². The Morgan fingerprint density at radius 2 is 1.73 bits per heavy atom. The molecule has 0 aliphatic rings. The number of amides is 1. The van der Waals surface area contributed by atoms with Gasteiger partial charge in [-0.15, -0.1) is 0 Å². The van der Waals surface area contributed by atoms with Crippen molar-refractivity contribution in [3.8, 4) is 17.2 Å². The van der Waals surface area contributed by atoms with Crippen LogP contribution in [0.4, 0.5) is 0 Å². The number of benzene rings is 3. The van der Waals surface area contributed by atoms with Gasteiger partial charge in [-0.1, -0.05) is 37.3 Å². The number of hydrogen-bond acceptors (Lipinski definition) is 6. The molecular formula is C26H26N2O5. The number of nitrogens with one attached hydrogen (secondary N) is 1. The van der Waals surface area contributed by atoms with Gasteiger partial charge in [-0.3, -0.25) is 4.79 Å². The maximum absolute atomic E-state index is 12.5. The van der Waals surface area contributed by atoms with Crippen LogP contribution in [0, 0.1) is 0 Å². The summed E-state index contributed by atoms with van der Waals surface area (Å²) in [5, 5.41) is 3.98. The van der Waals surface area contributed by atoms with Gasteiger partial charge in [-0.25, -0.2) is 10.2 Å². The molecule has 0 radical (unpaired) electrons. The van der Waals surface area contributed by atoms with Crippen LogP contribution in [0.2, 0.25) is 0 Å². The van der Waals surface area contributed by atoms with Gasteiger partial charge in [-0.2, -0.15) is 5.10 Å². The Hall–Kier alpha value is -4.13. The number of esters is 1. The number of ether oxygens (including phenoxy) is 3. The summed E-state index contributed by atoms with van der Waals surface area (Å²) in [6.07, 6.45) is 2.64. The summed E-state index contributed by atoms with van der Waals surface area (Å²) in [4.78, 5) is 24.5. The van der Waals surface area contributed by atoms with Gasteiger partial charge in [0.1, 0.15) is 5.75 Å². The summed E-state index contributed by atoms with van der Waals surface area (Å²) in [7, 11) is 1.48. The lowest BCUT2D eigenvalue weighted by molar-refractivity contribution is -0.120. The molecule has 0 atom stereocenters. The number of methoxy groups -OCH3 is 1. The average Bonchev–Trinajstić information content (AvgIpc) is 2.84. The molecule has 3 aromatic carbocycles. The first-order valence-corrected chi connectivity index (χ1v) is 10.6. The topological polar surface area (TPSA) is 86.2 Å². The second-order valence-electron chi connectivity index (χ2n) is 7.13. The lowest BCUT2D eigenvalue weighted by Crippen LogP contribution is -2.19. The molecule has 3 rings (SSSR count). The molecule has 0 spiro atoms. The fourth-order valence-corrected chi connectivity index (χ4v) is 2.91. The van der Waals surface area contributed by atoms with E-state index in [2.05, 4.69) is 10.5 Å². The third kappa shape index (κ3) is 7.21. The molecule has 0 saturated heterocycles. The Labute approximate surface area is 193 Å². The normalized spacial score (nSPS) is 10.6. The van der Waals surface area contributed by atoms with E-state index in [4.69, 9.17) is 14.2 Å². The minimum absolute atomic E-state index is 0.221. The highest BCUT2D eigenvalue weighted by Crippen LogP contribution is 2.28. The van der Waals surface area contributed by atoms with Crippen LogP contribution in [0.3, 0.4) is 0 Å². The second kappa shape index (κ2) is 12.0. The van der Waals surface area contributed by atoms with Crippen molar-refractivity contribution in [2.75, 3.05) is 13.7 Å². The fraction of sp³-hybridized carbons (Fsp3) is 0.192. The zero-order valence-corrected chi connectivity index (χ0v) is 18.6. The van der Waals surface area contributed by atoms with Gasteiger partial charge in [-0.05, 0) is 60.0 Å². The van der Waals surface area contributed by atoms with Crippen LogP contribution < -0.4 is 19.6 Å². The molecule has 0 unspecified atom stereocenters. The lowest BCUT2D eigenvalue weighted by Gasteiger charge is -2.10. The zero-order valence-electron chi connectivity index (χ0n) is 18.6. The summed E-state index contributed by atoms with van der Waals surface area (Å²) < 4.78 is 16.4. The van der Waals surface area contributed by atoms with Gasteiger partial charge in [0, 0.05) is 0 Å². The van der Waals surface area contributed by atoms with E-state index in [-0.39, 0.29) is 18.1 Å². The molecule has 0 aliphatic heterocycles. The van der Waals surface area contributed by atoms with Crippen molar-refractivity contribution in [2.45, 2.75) is 19.8 Å². The van der Waals surface area contributed by atoms with E-state index < -0.39 is 5.97 Å². The molecule has 0 aliphatic carbocycles. The zero-order chi connectivity index (χ0) is 23.5. The van der Waals surface area contributed by atoms with Gasteiger partial charge in [0.2, 0.25) is 5.91 Å². The van der Waals surface area contributed by atoms with Gasteiger partial charge < -0.3 is 14.2 Å². The molecule has 7 heteroatoms. The Balaban J connectivity index is 1.59. The Kier molecular flexibility index (Phi) is 8.59. The van der Waals surface area contributed by atoms with Crippen LogP contribution >= 0.6 is 0 Å². The molecule has 1 amide bonds. The number of carbonyl (C=O) groups is 2. The molecule has 0 fully saturated rings. The van der Waals surface area contributed by atoms with E-state index >= 15 is 0 Å². The van der Waals surface area contributed by atoms with Crippen LogP contribution in [0.1, 0.15) is 34.8 Å². The Morgan fingerprint density at radius 1 is 0.970 bits per heavy atom. The molecule has 3 aromatic rings. The molecule has 33 heavy (non-hydrogen) atoms. The van der Waals surface area contributed by atoms with Crippen molar-refractivity contribution < 1.29 is 23.8 Å². The summed E-state index contributed by atoms with van der Waals surface area (Å²) in [6.45, 7) is 2.64. The summed E-state index contributed by atoms with van der Waals surface area (Å²) >= 11 is 0. The van der Waals surface area contributed by atoms with E-state index in [9.17, 15) is 9.59 Å². The van der Waals surface area contributed by atoms with Crippen molar-refractivity contribution in [2.24, 2.45) is 5.10 Å². The van der Waals surface area contributed by atoms with E-state index in [0.717, 1.165) is 12.0 Å². The van der Waals surface area contributed by atoms with Crippen LogP contribution in [-0.4, -0.2) is 31.8 Å². The summed E-state index contributed by atoms with van der Waals surface area (Å²) in [5.41, 5.74) is 4.47. The van der Waals surface area contributed by atoms with Gasteiger partial charge in [0.15, 0.2) is 11.5 Å². The molecule has 1 N–H and O–H groups in total. The van der Waals surface area contributed by atoms with Crippen molar-refractivity contribution >= 4 is 18.1 Å². The third-order valence-corrected chi connectivity index (χ3v) is 4.56. The van der Waals surface area contributed by atoms with Crippen LogP contribution in [0.5, 0.6) is 17.2 Å². The minimum Gasteiger partial charge on any atom is -0.494 e. The first kappa shape index (κ1) is 23.5. The fourth-order valence-electron chi connectivity index (χ4n) is 2.91. The van der Waals surface area contributed by atoms with Crippen molar-refractivity contribution in [3.05, 3.63) is 89.5 Å². The van der Waals surface area contributed by atoms with E-state index in [1.54, 1.807) is 42.5 Å². The third-order valence-electron chi connectivity index (χ3n) is 4.56. The largest absolute Gasteiger partial charge is 0.494 e. The van der Waals surface area contributed by atoms with Crippen molar-refractivity contribution in [1.29, 1.82) is 0 Å². The van der Waals surface area contributed by atoms with Crippen LogP contribution in [0.15, 0.2) is 77.9 Å². The Morgan fingerprint density at radius 3 is 2.42 bits per heavy atom. The first-order valence-electron chi connectivity index (χ1n) is 10.6. The average molecular weight is 447 g/mol. The molecule has 0 saturated carbocycles. The highest BCUT2D eigenvalue weighted by atomic mass is 16.6. The molecule has 0 heterocycles. The SMILES string of the molecule is CCCOc1ccc(C(=O)Oc2ccc(/C=N\NC(=O)Cc3ccccc3)cc2OC)cc1. The standard InChI is InChI=1S/C26H26N2O5/c1-3-15-32-22-12-10-21(11-13-22)26(30)33-23-14-9-20(16-24(23)31-2)18-27-28-25(29)17-19-7-5-4-6-8-19/h4-14,16,18H,3,15,17H2,1-2H3,(H,28,29)/b27-18-. The smallest absolute Gasteiger partial charge is 0.343 e. The van der Waals surface area contributed by atoms with E-state index in [0.29, 0.717) is 29.2 Å². The lowest BCUT2D eigenvalue weighted by atomic mass is 10.1. The number of hydrogen-bond donors (Lipinski definition) is 1.